The summed E-state index contributed by atoms with van der Waals surface area (Å²) in [6.45, 7) is 0. The van der Waals surface area contributed by atoms with E-state index in [4.69, 9.17) is 4.74 Å². The van der Waals surface area contributed by atoms with Gasteiger partial charge in [0.2, 0.25) is 0 Å². The molecule has 0 heterocycles. The molecule has 0 saturated heterocycles. The van der Waals surface area contributed by atoms with Crippen LogP contribution in [-0.4, -0.2) is 46.8 Å². The van der Waals surface area contributed by atoms with Crippen molar-refractivity contribution in [1.29, 1.82) is 0 Å². The first kappa shape index (κ1) is 13.8. The summed E-state index contributed by atoms with van der Waals surface area (Å²) in [4.78, 5) is 0. The summed E-state index contributed by atoms with van der Waals surface area (Å²) in [6, 6.07) is 7.77. The standard InChI is InChI=1S/C10H14O4STe/c1-14-9-3-5-10(6-4-9)16-8-2-7-15(11,12)13/h3-6H,2,7-8H2,1H3,(H,11,12,13)/p-1. The fourth-order valence-corrected chi connectivity index (χ4v) is 4.60. The van der Waals surface area contributed by atoms with Gasteiger partial charge in [0.25, 0.3) is 0 Å². The van der Waals surface area contributed by atoms with Crippen LogP contribution in [0.25, 0.3) is 0 Å². The molecule has 0 atom stereocenters. The van der Waals surface area contributed by atoms with Crippen molar-refractivity contribution in [2.24, 2.45) is 0 Å². The van der Waals surface area contributed by atoms with Crippen molar-refractivity contribution in [3.63, 3.8) is 0 Å². The van der Waals surface area contributed by atoms with Crippen LogP contribution in [0.2, 0.25) is 4.47 Å². The van der Waals surface area contributed by atoms with Gasteiger partial charge >= 0.3 is 106 Å². The van der Waals surface area contributed by atoms with Crippen molar-refractivity contribution in [2.45, 2.75) is 10.9 Å². The van der Waals surface area contributed by atoms with E-state index < -0.39 is 10.1 Å². The Balaban J connectivity index is 2.32. The van der Waals surface area contributed by atoms with Crippen LogP contribution in [-0.2, 0) is 10.1 Å². The van der Waals surface area contributed by atoms with E-state index in [0.717, 1.165) is 10.2 Å². The predicted octanol–water partition coefficient (Wildman–Crippen LogP) is 0.378. The van der Waals surface area contributed by atoms with Crippen molar-refractivity contribution in [2.75, 3.05) is 12.9 Å². The van der Waals surface area contributed by atoms with Gasteiger partial charge in [0, 0.05) is 0 Å². The minimum absolute atomic E-state index is 0.242. The molecule has 1 aromatic rings. The molecule has 0 unspecified atom stereocenters. The van der Waals surface area contributed by atoms with Gasteiger partial charge in [0.1, 0.15) is 0 Å². The molecule has 0 aliphatic heterocycles. The van der Waals surface area contributed by atoms with Gasteiger partial charge < -0.3 is 0 Å². The molecular formula is C10H13O4STe-. The van der Waals surface area contributed by atoms with Crippen LogP contribution in [0.3, 0.4) is 0 Å². The Bertz CT molecular complexity index is 413. The number of hydrogen-bond donors (Lipinski definition) is 0. The summed E-state index contributed by atoms with van der Waals surface area (Å²) >= 11 is -0.384. The summed E-state index contributed by atoms with van der Waals surface area (Å²) in [5.74, 6) is 0.576. The second kappa shape index (κ2) is 6.45. The Morgan fingerprint density at radius 2 is 1.94 bits per heavy atom. The molecule has 16 heavy (non-hydrogen) atoms. The number of ether oxygens (including phenoxy) is 1. The second-order valence-corrected chi connectivity index (χ2v) is 8.00. The Morgan fingerprint density at radius 3 is 2.44 bits per heavy atom. The average molecular weight is 357 g/mol. The number of rotatable bonds is 6. The van der Waals surface area contributed by atoms with Crippen molar-refractivity contribution in [3.8, 4) is 5.75 Å². The van der Waals surface area contributed by atoms with E-state index in [-0.39, 0.29) is 26.7 Å². The van der Waals surface area contributed by atoms with Crippen LogP contribution in [0.15, 0.2) is 24.3 Å². The van der Waals surface area contributed by atoms with Crippen LogP contribution in [0.1, 0.15) is 6.42 Å². The van der Waals surface area contributed by atoms with Gasteiger partial charge in [-0.2, -0.15) is 0 Å². The maximum atomic E-state index is 10.4. The minimum atomic E-state index is -4.04. The van der Waals surface area contributed by atoms with Gasteiger partial charge in [-0.3, -0.25) is 0 Å². The molecule has 0 radical (unpaired) electrons. The van der Waals surface area contributed by atoms with Crippen molar-refractivity contribution >= 4 is 34.7 Å². The van der Waals surface area contributed by atoms with Crippen molar-refractivity contribution in [1.82, 2.24) is 0 Å². The van der Waals surface area contributed by atoms with Gasteiger partial charge in [0.15, 0.2) is 0 Å². The van der Waals surface area contributed by atoms with Crippen molar-refractivity contribution in [3.05, 3.63) is 24.3 Å². The van der Waals surface area contributed by atoms with Crippen LogP contribution in [0.5, 0.6) is 5.75 Å². The van der Waals surface area contributed by atoms with E-state index in [1.807, 2.05) is 24.3 Å². The molecule has 0 aliphatic carbocycles. The zero-order valence-corrected chi connectivity index (χ0v) is 12.0. The molecule has 0 spiro atoms. The van der Waals surface area contributed by atoms with Crippen LogP contribution in [0.4, 0.5) is 0 Å². The first-order valence-electron chi connectivity index (χ1n) is 4.72. The third kappa shape index (κ3) is 5.71. The summed E-state index contributed by atoms with van der Waals surface area (Å²) in [5, 5.41) is 0. The molecular weight excluding hydrogens is 344 g/mol. The van der Waals surface area contributed by atoms with Gasteiger partial charge in [-0.25, -0.2) is 0 Å². The Morgan fingerprint density at radius 1 is 1.31 bits per heavy atom. The van der Waals surface area contributed by atoms with Gasteiger partial charge in [-0.05, 0) is 0 Å². The molecule has 0 N–H and O–H groups in total. The van der Waals surface area contributed by atoms with E-state index in [1.54, 1.807) is 7.11 Å². The third-order valence-electron chi connectivity index (χ3n) is 1.87. The zero-order chi connectivity index (χ0) is 12.0. The maximum absolute atomic E-state index is 10.4. The monoisotopic (exact) mass is 359 g/mol. The van der Waals surface area contributed by atoms with E-state index in [0.29, 0.717) is 6.42 Å². The Kier molecular flexibility index (Phi) is 5.56. The molecule has 1 aromatic carbocycles. The molecule has 4 nitrogen and oxygen atoms in total. The summed E-state index contributed by atoms with van der Waals surface area (Å²) < 4.78 is 38.2. The molecule has 0 aromatic heterocycles. The topological polar surface area (TPSA) is 66.4 Å². The summed E-state index contributed by atoms with van der Waals surface area (Å²) in [7, 11) is -2.42. The zero-order valence-electron chi connectivity index (χ0n) is 8.88. The summed E-state index contributed by atoms with van der Waals surface area (Å²) in [6.07, 6.45) is 0.472. The first-order chi connectivity index (χ1) is 7.51. The van der Waals surface area contributed by atoms with Crippen LogP contribution < -0.4 is 8.35 Å². The van der Waals surface area contributed by atoms with Gasteiger partial charge in [-0.15, -0.1) is 0 Å². The second-order valence-electron chi connectivity index (χ2n) is 3.14. The van der Waals surface area contributed by atoms with E-state index >= 15 is 0 Å². The van der Waals surface area contributed by atoms with Crippen LogP contribution in [0, 0.1) is 0 Å². The van der Waals surface area contributed by atoms with E-state index in [1.165, 1.54) is 3.61 Å². The predicted molar refractivity (Wildman–Crippen MR) is 62.4 cm³/mol. The molecule has 1 rings (SSSR count). The molecule has 6 heteroatoms. The first-order valence-corrected chi connectivity index (χ1v) is 9.11. The normalized spacial score (nSPS) is 11.4. The van der Waals surface area contributed by atoms with Gasteiger partial charge in [0.05, 0.1) is 0 Å². The van der Waals surface area contributed by atoms with Gasteiger partial charge in [-0.1, -0.05) is 0 Å². The van der Waals surface area contributed by atoms with E-state index in [2.05, 4.69) is 0 Å². The fourth-order valence-electron chi connectivity index (χ4n) is 1.10. The third-order valence-corrected chi connectivity index (χ3v) is 5.79. The number of methoxy groups -OCH3 is 1. The number of hydrogen-bond acceptors (Lipinski definition) is 4. The Labute approximate surface area is 106 Å². The Hall–Kier alpha value is -0.280. The number of benzene rings is 1. The molecule has 0 bridgehead atoms. The SMILES string of the molecule is COc1ccc([Te]CCCS(=O)(=O)[O-])cc1. The quantitative estimate of drug-likeness (QED) is 0.420. The van der Waals surface area contributed by atoms with Crippen LogP contribution >= 0.6 is 0 Å². The summed E-state index contributed by atoms with van der Waals surface area (Å²) in [5.41, 5.74) is 0. The molecule has 0 aliphatic rings. The van der Waals surface area contributed by atoms with E-state index in [9.17, 15) is 13.0 Å². The molecule has 90 valence electrons. The average Bonchev–Trinajstić information content (AvgIpc) is 2.24. The molecule has 0 amide bonds. The fraction of sp³-hybridized carbons (Fsp3) is 0.400. The molecule has 0 saturated carbocycles. The molecule has 0 fully saturated rings. The van der Waals surface area contributed by atoms with Crippen molar-refractivity contribution < 1.29 is 17.7 Å².